The van der Waals surface area contributed by atoms with Crippen molar-refractivity contribution < 1.29 is 9.53 Å². The Hall–Kier alpha value is -1.40. The Morgan fingerprint density at radius 3 is 2.96 bits per heavy atom. The first-order valence-corrected chi connectivity index (χ1v) is 8.79. The quantitative estimate of drug-likeness (QED) is 0.838. The maximum atomic E-state index is 11.9. The monoisotopic (exact) mass is 320 g/mol. The van der Waals surface area contributed by atoms with Gasteiger partial charge < -0.3 is 15.4 Å². The molecule has 0 bridgehead atoms. The van der Waals surface area contributed by atoms with Crippen molar-refractivity contribution in [1.29, 1.82) is 0 Å². The van der Waals surface area contributed by atoms with E-state index in [0.29, 0.717) is 24.7 Å². The van der Waals surface area contributed by atoms with Crippen molar-refractivity contribution in [2.24, 2.45) is 0 Å². The number of carbonyl (C=O) groups excluding carboxylic acids is 1. The summed E-state index contributed by atoms with van der Waals surface area (Å²) in [5.74, 6) is 0.131. The number of rotatable bonds is 6. The van der Waals surface area contributed by atoms with E-state index in [1.807, 2.05) is 16.9 Å². The van der Waals surface area contributed by atoms with Crippen LogP contribution >= 0.6 is 0 Å². The molecule has 2 aliphatic rings. The SMILES string of the molecule is CCn1nccc1C1NC(=O)CCC1NC1CC(OC(C)C)C1. The summed E-state index contributed by atoms with van der Waals surface area (Å²) in [6, 6.07) is 2.77. The number of nitrogens with zero attached hydrogens (tertiary/aromatic N) is 2. The number of piperidine rings is 1. The molecule has 1 aliphatic heterocycles. The summed E-state index contributed by atoms with van der Waals surface area (Å²) in [4.78, 5) is 11.9. The Morgan fingerprint density at radius 2 is 2.26 bits per heavy atom. The summed E-state index contributed by atoms with van der Waals surface area (Å²) in [6.07, 6.45) is 6.06. The minimum absolute atomic E-state index is 0.00349. The summed E-state index contributed by atoms with van der Waals surface area (Å²) >= 11 is 0. The van der Waals surface area contributed by atoms with Gasteiger partial charge in [0.2, 0.25) is 5.91 Å². The number of aryl methyl sites for hydroxylation is 1. The minimum Gasteiger partial charge on any atom is -0.375 e. The minimum atomic E-state index is 0.00349. The molecular formula is C17H28N4O2. The third-order valence-electron chi connectivity index (χ3n) is 4.78. The lowest BCUT2D eigenvalue weighted by atomic mass is 9.86. The molecule has 0 spiro atoms. The van der Waals surface area contributed by atoms with Crippen molar-refractivity contribution in [3.8, 4) is 0 Å². The van der Waals surface area contributed by atoms with Crippen LogP contribution in [-0.4, -0.2) is 40.0 Å². The molecule has 6 nitrogen and oxygen atoms in total. The van der Waals surface area contributed by atoms with E-state index in [2.05, 4.69) is 36.5 Å². The zero-order valence-electron chi connectivity index (χ0n) is 14.3. The van der Waals surface area contributed by atoms with Crippen LogP contribution in [0.4, 0.5) is 0 Å². The van der Waals surface area contributed by atoms with Crippen LogP contribution in [-0.2, 0) is 16.1 Å². The van der Waals surface area contributed by atoms with E-state index in [-0.39, 0.29) is 18.0 Å². The first-order valence-electron chi connectivity index (χ1n) is 8.79. The number of ether oxygens (including phenoxy) is 1. The smallest absolute Gasteiger partial charge is 0.220 e. The van der Waals surface area contributed by atoms with Crippen molar-refractivity contribution in [2.75, 3.05) is 0 Å². The predicted octanol–water partition coefficient (Wildman–Crippen LogP) is 1.77. The molecule has 1 saturated heterocycles. The lowest BCUT2D eigenvalue weighted by Gasteiger charge is -2.42. The van der Waals surface area contributed by atoms with Gasteiger partial charge in [0.15, 0.2) is 0 Å². The maximum absolute atomic E-state index is 11.9. The summed E-state index contributed by atoms with van der Waals surface area (Å²) in [5.41, 5.74) is 1.09. The lowest BCUT2D eigenvalue weighted by Crippen LogP contribution is -2.56. The molecule has 2 fully saturated rings. The van der Waals surface area contributed by atoms with Gasteiger partial charge in [0.1, 0.15) is 0 Å². The second-order valence-electron chi connectivity index (χ2n) is 6.90. The van der Waals surface area contributed by atoms with E-state index >= 15 is 0 Å². The van der Waals surface area contributed by atoms with Crippen molar-refractivity contribution >= 4 is 5.91 Å². The average molecular weight is 320 g/mol. The number of hydrogen-bond donors (Lipinski definition) is 2. The zero-order valence-corrected chi connectivity index (χ0v) is 14.3. The summed E-state index contributed by atoms with van der Waals surface area (Å²) < 4.78 is 7.80. The lowest BCUT2D eigenvalue weighted by molar-refractivity contribution is -0.124. The summed E-state index contributed by atoms with van der Waals surface area (Å²) in [7, 11) is 0. The van der Waals surface area contributed by atoms with Gasteiger partial charge in [-0.1, -0.05) is 0 Å². The van der Waals surface area contributed by atoms with E-state index in [4.69, 9.17) is 4.74 Å². The van der Waals surface area contributed by atoms with Crippen molar-refractivity contribution in [2.45, 2.75) is 83.3 Å². The van der Waals surface area contributed by atoms with Gasteiger partial charge in [-0.05, 0) is 46.1 Å². The highest BCUT2D eigenvalue weighted by Gasteiger charge is 2.37. The van der Waals surface area contributed by atoms with Gasteiger partial charge in [0, 0.05) is 31.2 Å². The number of carbonyl (C=O) groups is 1. The fourth-order valence-electron chi connectivity index (χ4n) is 3.63. The number of aromatic nitrogens is 2. The Bertz CT molecular complexity index is 536. The maximum Gasteiger partial charge on any atom is 0.220 e. The van der Waals surface area contributed by atoms with Gasteiger partial charge >= 0.3 is 0 Å². The van der Waals surface area contributed by atoms with Crippen LogP contribution < -0.4 is 10.6 Å². The molecule has 2 heterocycles. The Kier molecular flexibility index (Phi) is 5.02. The molecule has 3 rings (SSSR count). The van der Waals surface area contributed by atoms with Crippen LogP contribution in [0.2, 0.25) is 0 Å². The number of nitrogens with one attached hydrogen (secondary N) is 2. The van der Waals surface area contributed by atoms with Crippen LogP contribution in [0.3, 0.4) is 0 Å². The molecular weight excluding hydrogens is 292 g/mol. The van der Waals surface area contributed by atoms with Gasteiger partial charge in [0.05, 0.1) is 23.9 Å². The molecule has 1 aliphatic carbocycles. The van der Waals surface area contributed by atoms with Crippen LogP contribution in [0.15, 0.2) is 12.3 Å². The largest absolute Gasteiger partial charge is 0.375 e. The standard InChI is InChI=1S/C17H28N4O2/c1-4-21-15(7-8-18-21)17-14(5-6-16(22)20-17)19-12-9-13(10-12)23-11(2)3/h7-8,11-14,17,19H,4-6,9-10H2,1-3H3,(H,20,22). The summed E-state index contributed by atoms with van der Waals surface area (Å²) in [5, 5.41) is 11.2. The highest BCUT2D eigenvalue weighted by atomic mass is 16.5. The first-order chi connectivity index (χ1) is 11.1. The van der Waals surface area contributed by atoms with E-state index in [9.17, 15) is 4.79 Å². The molecule has 1 saturated carbocycles. The van der Waals surface area contributed by atoms with E-state index in [1.165, 1.54) is 0 Å². The average Bonchev–Trinajstić information content (AvgIpc) is 2.94. The molecule has 2 N–H and O–H groups in total. The Morgan fingerprint density at radius 1 is 1.48 bits per heavy atom. The molecule has 1 aromatic rings. The van der Waals surface area contributed by atoms with Crippen molar-refractivity contribution in [3.63, 3.8) is 0 Å². The summed E-state index contributed by atoms with van der Waals surface area (Å²) in [6.45, 7) is 7.05. The second kappa shape index (κ2) is 7.01. The van der Waals surface area contributed by atoms with E-state index < -0.39 is 0 Å². The van der Waals surface area contributed by atoms with E-state index in [1.54, 1.807) is 0 Å². The predicted molar refractivity (Wildman–Crippen MR) is 88.0 cm³/mol. The second-order valence-corrected chi connectivity index (χ2v) is 6.90. The molecule has 0 aromatic carbocycles. The van der Waals surface area contributed by atoms with Crippen LogP contribution in [0, 0.1) is 0 Å². The number of amides is 1. The van der Waals surface area contributed by atoms with Gasteiger partial charge in [-0.3, -0.25) is 9.48 Å². The molecule has 0 radical (unpaired) electrons. The molecule has 2 unspecified atom stereocenters. The van der Waals surface area contributed by atoms with E-state index in [0.717, 1.165) is 31.5 Å². The van der Waals surface area contributed by atoms with Gasteiger partial charge in [-0.25, -0.2) is 0 Å². The number of hydrogen-bond acceptors (Lipinski definition) is 4. The van der Waals surface area contributed by atoms with Crippen LogP contribution in [0.1, 0.15) is 58.2 Å². The van der Waals surface area contributed by atoms with Gasteiger partial charge in [0.25, 0.3) is 0 Å². The Labute approximate surface area is 138 Å². The molecule has 1 aromatic heterocycles. The zero-order chi connectivity index (χ0) is 16.4. The van der Waals surface area contributed by atoms with Gasteiger partial charge in [-0.15, -0.1) is 0 Å². The topological polar surface area (TPSA) is 68.2 Å². The molecule has 6 heteroatoms. The normalized spacial score (nSPS) is 31.0. The highest BCUT2D eigenvalue weighted by Crippen LogP contribution is 2.29. The van der Waals surface area contributed by atoms with Crippen LogP contribution in [0.25, 0.3) is 0 Å². The fourth-order valence-corrected chi connectivity index (χ4v) is 3.63. The molecule has 1 amide bonds. The van der Waals surface area contributed by atoms with Crippen molar-refractivity contribution in [1.82, 2.24) is 20.4 Å². The third-order valence-corrected chi connectivity index (χ3v) is 4.78. The molecule has 2 atom stereocenters. The van der Waals surface area contributed by atoms with Crippen LogP contribution in [0.5, 0.6) is 0 Å². The highest BCUT2D eigenvalue weighted by molar-refractivity contribution is 5.77. The molecule has 128 valence electrons. The van der Waals surface area contributed by atoms with Crippen molar-refractivity contribution in [3.05, 3.63) is 18.0 Å². The third kappa shape index (κ3) is 3.75. The fraction of sp³-hybridized carbons (Fsp3) is 0.765. The Balaban J connectivity index is 1.62. The molecule has 23 heavy (non-hydrogen) atoms. The first kappa shape index (κ1) is 16.5. The van der Waals surface area contributed by atoms with Gasteiger partial charge in [-0.2, -0.15) is 5.10 Å².